The number of carboxylic acids is 1. The van der Waals surface area contributed by atoms with Crippen LogP contribution < -0.4 is 0 Å². The largest absolute Gasteiger partial charge is 0.481 e. The monoisotopic (exact) mass is 360 g/mol. The molecule has 0 radical (unpaired) electrons. The third-order valence-corrected chi connectivity index (χ3v) is 5.01. The van der Waals surface area contributed by atoms with Crippen LogP contribution in [0.3, 0.4) is 0 Å². The van der Waals surface area contributed by atoms with Gasteiger partial charge in [0.25, 0.3) is 11.8 Å². The molecule has 0 saturated carbocycles. The molecular weight excluding hydrogens is 340 g/mol. The van der Waals surface area contributed by atoms with Gasteiger partial charge in [-0.25, -0.2) is 0 Å². The first-order valence-electron chi connectivity index (χ1n) is 8.35. The van der Waals surface area contributed by atoms with Crippen molar-refractivity contribution < 1.29 is 29.0 Å². The van der Waals surface area contributed by atoms with Gasteiger partial charge in [0.05, 0.1) is 17.7 Å². The van der Waals surface area contributed by atoms with Gasteiger partial charge in [0.2, 0.25) is 5.91 Å². The molecule has 1 atom stereocenters. The number of ether oxygens (including phenoxy) is 1. The summed E-state index contributed by atoms with van der Waals surface area (Å²) >= 11 is 0. The Balaban J connectivity index is 1.61. The number of methoxy groups -OCH3 is 1. The summed E-state index contributed by atoms with van der Waals surface area (Å²) in [4.78, 5) is 51.1. The van der Waals surface area contributed by atoms with Crippen molar-refractivity contribution in [3.8, 4) is 0 Å². The second-order valence-electron chi connectivity index (χ2n) is 6.64. The van der Waals surface area contributed by atoms with Gasteiger partial charge in [-0.3, -0.25) is 24.1 Å². The van der Waals surface area contributed by atoms with Crippen LogP contribution in [0.5, 0.6) is 0 Å². The van der Waals surface area contributed by atoms with Crippen LogP contribution in [0.2, 0.25) is 0 Å². The minimum Gasteiger partial charge on any atom is -0.481 e. The van der Waals surface area contributed by atoms with E-state index in [1.54, 1.807) is 24.3 Å². The summed E-state index contributed by atoms with van der Waals surface area (Å²) in [5.74, 6) is -2.08. The molecule has 1 aromatic rings. The predicted octanol–water partition coefficient (Wildman–Crippen LogP) is 0.622. The standard InChI is InChI=1S/C18H20N2O6/c1-26-11-18(17(24)25)7-9-19(10-18)14(21)6-8-20-15(22)12-4-2-3-5-13(12)16(20)23/h2-5H,6-11H2,1H3,(H,24,25). The lowest BCUT2D eigenvalue weighted by Gasteiger charge is -2.24. The molecule has 0 aromatic heterocycles. The molecule has 0 bridgehead atoms. The Morgan fingerprint density at radius 3 is 2.35 bits per heavy atom. The van der Waals surface area contributed by atoms with E-state index in [2.05, 4.69) is 0 Å². The highest BCUT2D eigenvalue weighted by Gasteiger charge is 2.46. The van der Waals surface area contributed by atoms with Crippen molar-refractivity contribution in [1.82, 2.24) is 9.80 Å². The molecule has 3 rings (SSSR count). The van der Waals surface area contributed by atoms with Gasteiger partial charge in [-0.2, -0.15) is 0 Å². The molecule has 0 aliphatic carbocycles. The van der Waals surface area contributed by atoms with Crippen molar-refractivity contribution in [1.29, 1.82) is 0 Å². The second kappa shape index (κ2) is 6.87. The Morgan fingerprint density at radius 2 is 1.81 bits per heavy atom. The Hall–Kier alpha value is -2.74. The molecule has 1 N–H and O–H groups in total. The molecule has 2 aliphatic heterocycles. The topological polar surface area (TPSA) is 104 Å². The van der Waals surface area contributed by atoms with Crippen LogP contribution in [0.4, 0.5) is 0 Å². The fourth-order valence-corrected chi connectivity index (χ4v) is 3.52. The minimum absolute atomic E-state index is 0.0218. The highest BCUT2D eigenvalue weighted by molar-refractivity contribution is 6.21. The molecule has 8 heteroatoms. The number of nitrogens with zero attached hydrogens (tertiary/aromatic N) is 2. The highest BCUT2D eigenvalue weighted by Crippen LogP contribution is 2.32. The van der Waals surface area contributed by atoms with Gasteiger partial charge >= 0.3 is 5.97 Å². The molecule has 138 valence electrons. The third-order valence-electron chi connectivity index (χ3n) is 5.01. The normalized spacial score (nSPS) is 22.0. The Kier molecular flexibility index (Phi) is 4.78. The first-order valence-corrected chi connectivity index (χ1v) is 8.35. The molecule has 26 heavy (non-hydrogen) atoms. The Labute approximate surface area is 150 Å². The Bertz CT molecular complexity index is 742. The Morgan fingerprint density at radius 1 is 1.19 bits per heavy atom. The fraction of sp³-hybridized carbons (Fsp3) is 0.444. The lowest BCUT2D eigenvalue weighted by molar-refractivity contribution is -0.151. The molecule has 2 aliphatic rings. The quantitative estimate of drug-likeness (QED) is 0.746. The summed E-state index contributed by atoms with van der Waals surface area (Å²) in [6, 6.07) is 6.54. The van der Waals surface area contributed by atoms with Crippen LogP contribution in [-0.2, 0) is 14.3 Å². The second-order valence-corrected chi connectivity index (χ2v) is 6.64. The number of rotatable bonds is 6. The molecule has 1 unspecified atom stereocenters. The SMILES string of the molecule is COCC1(C(=O)O)CCN(C(=O)CCN2C(=O)c3ccccc3C2=O)C1. The maximum absolute atomic E-state index is 12.4. The van der Waals surface area contributed by atoms with Gasteiger partial charge < -0.3 is 14.7 Å². The van der Waals surface area contributed by atoms with E-state index in [0.717, 1.165) is 4.90 Å². The minimum atomic E-state index is -1.10. The summed E-state index contributed by atoms with van der Waals surface area (Å²) in [7, 11) is 1.43. The van der Waals surface area contributed by atoms with Crippen molar-refractivity contribution in [3.05, 3.63) is 35.4 Å². The molecule has 0 spiro atoms. The number of carbonyl (C=O) groups is 4. The summed E-state index contributed by atoms with van der Waals surface area (Å²) in [5, 5.41) is 9.45. The van der Waals surface area contributed by atoms with E-state index in [1.165, 1.54) is 12.0 Å². The first-order chi connectivity index (χ1) is 12.4. The third kappa shape index (κ3) is 2.96. The highest BCUT2D eigenvalue weighted by atomic mass is 16.5. The first kappa shape index (κ1) is 18.1. The van der Waals surface area contributed by atoms with E-state index in [1.807, 2.05) is 0 Å². The van der Waals surface area contributed by atoms with Gasteiger partial charge in [-0.05, 0) is 18.6 Å². The fourth-order valence-electron chi connectivity index (χ4n) is 3.52. The summed E-state index contributed by atoms with van der Waals surface area (Å²) < 4.78 is 5.01. The van der Waals surface area contributed by atoms with Crippen molar-refractivity contribution in [2.24, 2.45) is 5.41 Å². The molecule has 1 fully saturated rings. The van der Waals surface area contributed by atoms with E-state index in [4.69, 9.17) is 4.74 Å². The molecule has 1 saturated heterocycles. The van der Waals surface area contributed by atoms with Gasteiger partial charge in [0, 0.05) is 33.2 Å². The predicted molar refractivity (Wildman–Crippen MR) is 89.6 cm³/mol. The zero-order valence-corrected chi connectivity index (χ0v) is 14.4. The van der Waals surface area contributed by atoms with Gasteiger partial charge in [-0.1, -0.05) is 12.1 Å². The van der Waals surface area contributed by atoms with E-state index in [-0.39, 0.29) is 32.0 Å². The lowest BCUT2D eigenvalue weighted by Crippen LogP contribution is -2.41. The van der Waals surface area contributed by atoms with Gasteiger partial charge in [0.15, 0.2) is 0 Å². The zero-order chi connectivity index (χ0) is 18.9. The van der Waals surface area contributed by atoms with Crippen LogP contribution in [0.15, 0.2) is 24.3 Å². The number of fused-ring (bicyclic) bond motifs is 1. The van der Waals surface area contributed by atoms with Crippen LogP contribution in [0.1, 0.15) is 33.6 Å². The summed E-state index contributed by atoms with van der Waals surface area (Å²) in [6.07, 6.45) is 0.281. The summed E-state index contributed by atoms with van der Waals surface area (Å²) in [5.41, 5.74) is -0.410. The number of benzene rings is 1. The van der Waals surface area contributed by atoms with Crippen molar-refractivity contribution in [2.45, 2.75) is 12.8 Å². The van der Waals surface area contributed by atoms with Crippen molar-refractivity contribution in [3.63, 3.8) is 0 Å². The van der Waals surface area contributed by atoms with E-state index < -0.39 is 23.2 Å². The summed E-state index contributed by atoms with van der Waals surface area (Å²) in [6.45, 7) is 0.393. The molecule has 3 amide bonds. The number of carbonyl (C=O) groups excluding carboxylic acids is 3. The smallest absolute Gasteiger partial charge is 0.313 e. The van der Waals surface area contributed by atoms with Crippen LogP contribution in [0, 0.1) is 5.41 Å². The van der Waals surface area contributed by atoms with E-state index >= 15 is 0 Å². The maximum Gasteiger partial charge on any atom is 0.313 e. The number of hydrogen-bond donors (Lipinski definition) is 1. The maximum atomic E-state index is 12.4. The number of aliphatic carboxylic acids is 1. The van der Waals surface area contributed by atoms with Crippen LogP contribution in [-0.4, -0.2) is 71.9 Å². The average molecular weight is 360 g/mol. The van der Waals surface area contributed by atoms with Crippen LogP contribution in [0.25, 0.3) is 0 Å². The number of hydrogen-bond acceptors (Lipinski definition) is 5. The number of amides is 3. The van der Waals surface area contributed by atoms with Crippen molar-refractivity contribution >= 4 is 23.7 Å². The van der Waals surface area contributed by atoms with E-state index in [0.29, 0.717) is 24.1 Å². The van der Waals surface area contributed by atoms with Crippen molar-refractivity contribution in [2.75, 3.05) is 33.4 Å². The van der Waals surface area contributed by atoms with Gasteiger partial charge in [0.1, 0.15) is 5.41 Å². The molecule has 2 heterocycles. The number of imide groups is 1. The van der Waals surface area contributed by atoms with Crippen LogP contribution >= 0.6 is 0 Å². The lowest BCUT2D eigenvalue weighted by atomic mass is 9.88. The van der Waals surface area contributed by atoms with E-state index in [9.17, 15) is 24.3 Å². The molecular formula is C18H20N2O6. The molecule has 8 nitrogen and oxygen atoms in total. The van der Waals surface area contributed by atoms with Gasteiger partial charge in [-0.15, -0.1) is 0 Å². The number of carboxylic acid groups (broad SMARTS) is 1. The zero-order valence-electron chi connectivity index (χ0n) is 14.4. The average Bonchev–Trinajstić information content (AvgIpc) is 3.16. The number of likely N-dealkylation sites (tertiary alicyclic amines) is 1. The molecule has 1 aromatic carbocycles.